The summed E-state index contributed by atoms with van der Waals surface area (Å²) < 4.78 is 15.3. The van der Waals surface area contributed by atoms with Gasteiger partial charge in [-0.3, -0.25) is 10.1 Å². The Morgan fingerprint density at radius 3 is 2.39 bits per heavy atom. The zero-order valence-corrected chi connectivity index (χ0v) is 18.9. The smallest absolute Gasteiger partial charge is 0.348 e. The molecule has 12 heteroatoms. The molecule has 2 rings (SSSR count). The van der Waals surface area contributed by atoms with Gasteiger partial charge in [-0.05, 0) is 44.6 Å². The van der Waals surface area contributed by atoms with Crippen molar-refractivity contribution in [1.29, 1.82) is 0 Å². The van der Waals surface area contributed by atoms with E-state index in [1.54, 1.807) is 20.8 Å². The van der Waals surface area contributed by atoms with E-state index in [-0.39, 0.29) is 40.2 Å². The summed E-state index contributed by atoms with van der Waals surface area (Å²) in [6, 6.07) is 4.00. The predicted molar refractivity (Wildman–Crippen MR) is 120 cm³/mol. The summed E-state index contributed by atoms with van der Waals surface area (Å²) in [5.41, 5.74) is 0.829. The molecule has 0 radical (unpaired) electrons. The second-order valence-corrected chi connectivity index (χ2v) is 7.35. The van der Waals surface area contributed by atoms with Gasteiger partial charge in [0.05, 0.1) is 42.6 Å². The normalized spacial score (nSPS) is 10.2. The molecule has 31 heavy (non-hydrogen) atoms. The highest BCUT2D eigenvalue weighted by atomic mass is 32.1. The minimum Gasteiger partial charge on any atom is -0.494 e. The fraction of sp³-hybridized carbons (Fsp3) is 0.316. The average molecular weight is 468 g/mol. The first-order valence-electron chi connectivity index (χ1n) is 9.11. The first kappa shape index (κ1) is 24.0. The number of non-ortho nitro benzene ring substituents is 1. The Labute approximate surface area is 187 Å². The number of nitrogens with one attached hydrogen (secondary N) is 2. The van der Waals surface area contributed by atoms with E-state index < -0.39 is 16.9 Å². The van der Waals surface area contributed by atoms with Gasteiger partial charge in [0.2, 0.25) is 0 Å². The average Bonchev–Trinajstić information content (AvgIpc) is 3.04. The number of rotatable bonds is 8. The van der Waals surface area contributed by atoms with Crippen molar-refractivity contribution in [2.24, 2.45) is 0 Å². The molecule has 2 aromatic rings. The third-order valence-electron chi connectivity index (χ3n) is 3.96. The molecule has 0 bridgehead atoms. The van der Waals surface area contributed by atoms with Crippen LogP contribution in [0.5, 0.6) is 5.75 Å². The maximum atomic E-state index is 12.5. The zero-order chi connectivity index (χ0) is 23.1. The number of thiophene rings is 1. The molecule has 0 amide bonds. The van der Waals surface area contributed by atoms with Gasteiger partial charge >= 0.3 is 11.9 Å². The first-order chi connectivity index (χ1) is 14.7. The van der Waals surface area contributed by atoms with Crippen molar-refractivity contribution in [2.75, 3.05) is 31.0 Å². The number of nitro benzene ring substituents is 1. The van der Waals surface area contributed by atoms with Gasteiger partial charge in [-0.15, -0.1) is 11.3 Å². The second-order valence-electron chi connectivity index (χ2n) is 5.92. The molecule has 0 saturated heterocycles. The number of hydrogen-bond acceptors (Lipinski definition) is 9. The standard InChI is InChI=1S/C19H21N3O7S2/c1-5-28-17(23)14-10(3)15(18(24)29-6-2)31-16(14)21-19(30)20-12-8-7-11(22(25)26)9-13(12)27-4/h7-9H,5-6H2,1-4H3,(H2,20,21,30). The van der Waals surface area contributed by atoms with Gasteiger partial charge in [0.1, 0.15) is 15.6 Å². The van der Waals surface area contributed by atoms with Crippen LogP contribution in [0.4, 0.5) is 16.4 Å². The van der Waals surface area contributed by atoms with Crippen LogP contribution in [-0.2, 0) is 9.47 Å². The topological polar surface area (TPSA) is 129 Å². The van der Waals surface area contributed by atoms with Crippen molar-refractivity contribution in [2.45, 2.75) is 20.8 Å². The van der Waals surface area contributed by atoms with Crippen LogP contribution in [0.3, 0.4) is 0 Å². The lowest BCUT2D eigenvalue weighted by Gasteiger charge is -2.13. The van der Waals surface area contributed by atoms with Gasteiger partial charge in [0, 0.05) is 6.07 Å². The molecule has 0 aliphatic heterocycles. The molecule has 1 aromatic carbocycles. The lowest BCUT2D eigenvalue weighted by molar-refractivity contribution is -0.384. The van der Waals surface area contributed by atoms with Crippen LogP contribution in [-0.4, -0.2) is 42.3 Å². The van der Waals surface area contributed by atoms with Crippen molar-refractivity contribution in [3.63, 3.8) is 0 Å². The van der Waals surface area contributed by atoms with Crippen molar-refractivity contribution >= 4 is 57.0 Å². The van der Waals surface area contributed by atoms with Crippen molar-refractivity contribution < 1.29 is 28.7 Å². The fourth-order valence-electron chi connectivity index (χ4n) is 2.60. The van der Waals surface area contributed by atoms with Crippen LogP contribution in [0.2, 0.25) is 0 Å². The van der Waals surface area contributed by atoms with Crippen LogP contribution < -0.4 is 15.4 Å². The highest BCUT2D eigenvalue weighted by Gasteiger charge is 2.27. The van der Waals surface area contributed by atoms with Crippen LogP contribution in [0.25, 0.3) is 0 Å². The molecule has 0 spiro atoms. The number of anilines is 2. The zero-order valence-electron chi connectivity index (χ0n) is 17.3. The summed E-state index contributed by atoms with van der Waals surface area (Å²) in [4.78, 5) is 35.4. The Hall–Kier alpha value is -3.25. The molecule has 0 unspecified atom stereocenters. The number of esters is 2. The summed E-state index contributed by atoms with van der Waals surface area (Å²) in [6.07, 6.45) is 0. The second kappa shape index (κ2) is 10.7. The first-order valence-corrected chi connectivity index (χ1v) is 10.3. The van der Waals surface area contributed by atoms with E-state index in [2.05, 4.69) is 10.6 Å². The van der Waals surface area contributed by atoms with Crippen molar-refractivity contribution in [3.8, 4) is 5.75 Å². The van der Waals surface area contributed by atoms with E-state index in [0.717, 1.165) is 11.3 Å². The Balaban J connectivity index is 2.33. The van der Waals surface area contributed by atoms with E-state index in [9.17, 15) is 19.7 Å². The van der Waals surface area contributed by atoms with Crippen LogP contribution in [0.1, 0.15) is 39.4 Å². The number of nitrogens with zero attached hydrogens (tertiary/aromatic N) is 1. The van der Waals surface area contributed by atoms with Crippen LogP contribution in [0.15, 0.2) is 18.2 Å². The van der Waals surface area contributed by atoms with Crippen molar-refractivity contribution in [1.82, 2.24) is 0 Å². The molecular formula is C19H21N3O7S2. The summed E-state index contributed by atoms with van der Waals surface area (Å²) >= 11 is 6.33. The maximum Gasteiger partial charge on any atom is 0.348 e. The third kappa shape index (κ3) is 5.67. The number of nitro groups is 1. The summed E-state index contributed by atoms with van der Waals surface area (Å²) in [7, 11) is 1.37. The highest BCUT2D eigenvalue weighted by molar-refractivity contribution is 7.80. The third-order valence-corrected chi connectivity index (χ3v) is 5.35. The molecule has 1 heterocycles. The molecule has 0 saturated carbocycles. The molecule has 1 aromatic heterocycles. The van der Waals surface area contributed by atoms with Gasteiger partial charge in [-0.2, -0.15) is 0 Å². The lowest BCUT2D eigenvalue weighted by Crippen LogP contribution is -2.20. The Morgan fingerprint density at radius 2 is 1.81 bits per heavy atom. The molecule has 0 aliphatic rings. The summed E-state index contributed by atoms with van der Waals surface area (Å²) in [6.45, 7) is 5.32. The Morgan fingerprint density at radius 1 is 1.16 bits per heavy atom. The molecule has 0 atom stereocenters. The summed E-state index contributed by atoms with van der Waals surface area (Å²) in [5.74, 6) is -0.955. The Bertz CT molecular complexity index is 1020. The lowest BCUT2D eigenvalue weighted by atomic mass is 10.1. The van der Waals surface area contributed by atoms with Crippen LogP contribution >= 0.6 is 23.6 Å². The van der Waals surface area contributed by atoms with E-state index in [1.807, 2.05) is 0 Å². The van der Waals surface area contributed by atoms with E-state index in [1.165, 1.54) is 25.3 Å². The van der Waals surface area contributed by atoms with Crippen molar-refractivity contribution in [3.05, 3.63) is 44.3 Å². The number of benzene rings is 1. The number of carbonyl (C=O) groups is 2. The minimum atomic E-state index is -0.606. The molecular weight excluding hydrogens is 446 g/mol. The van der Waals surface area contributed by atoms with E-state index >= 15 is 0 Å². The van der Waals surface area contributed by atoms with E-state index in [4.69, 9.17) is 26.4 Å². The molecule has 166 valence electrons. The minimum absolute atomic E-state index is 0.0781. The van der Waals surface area contributed by atoms with Crippen LogP contribution in [0, 0.1) is 17.0 Å². The van der Waals surface area contributed by atoms with Gasteiger partial charge in [-0.1, -0.05) is 0 Å². The molecule has 2 N–H and O–H groups in total. The number of hydrogen-bond donors (Lipinski definition) is 2. The van der Waals surface area contributed by atoms with Gasteiger partial charge in [0.25, 0.3) is 5.69 Å². The maximum absolute atomic E-state index is 12.5. The largest absolute Gasteiger partial charge is 0.494 e. The van der Waals surface area contributed by atoms with Gasteiger partial charge in [0.15, 0.2) is 5.11 Å². The number of thiocarbonyl (C=S) groups is 1. The van der Waals surface area contributed by atoms with Gasteiger partial charge < -0.3 is 24.8 Å². The molecule has 0 aliphatic carbocycles. The highest BCUT2D eigenvalue weighted by Crippen LogP contribution is 2.35. The monoisotopic (exact) mass is 467 g/mol. The molecule has 0 fully saturated rings. The number of methoxy groups -OCH3 is 1. The predicted octanol–water partition coefficient (Wildman–Crippen LogP) is 4.14. The number of ether oxygens (including phenoxy) is 3. The quantitative estimate of drug-likeness (QED) is 0.253. The molecule has 10 nitrogen and oxygen atoms in total. The number of carbonyl (C=O) groups excluding carboxylic acids is 2. The van der Waals surface area contributed by atoms with Gasteiger partial charge in [-0.25, -0.2) is 9.59 Å². The SMILES string of the molecule is CCOC(=O)c1sc(NC(=S)Nc2ccc([N+](=O)[O-])cc2OC)c(C(=O)OCC)c1C. The summed E-state index contributed by atoms with van der Waals surface area (Å²) in [5, 5.41) is 17.1. The fourth-order valence-corrected chi connectivity index (χ4v) is 3.97. The van der Waals surface area contributed by atoms with E-state index in [0.29, 0.717) is 16.3 Å². The Kier molecular flexibility index (Phi) is 8.28.